The van der Waals surface area contributed by atoms with Gasteiger partial charge in [-0.1, -0.05) is 18.9 Å². The molecule has 1 aliphatic rings. The first kappa shape index (κ1) is 23.9. The van der Waals surface area contributed by atoms with Crippen LogP contribution < -0.4 is 16.0 Å². The van der Waals surface area contributed by atoms with Crippen molar-refractivity contribution in [1.29, 1.82) is 0 Å². The summed E-state index contributed by atoms with van der Waals surface area (Å²) in [5.74, 6) is -0.334. The molecule has 0 saturated carbocycles. The second-order valence-electron chi connectivity index (χ2n) is 8.08. The Hall–Kier alpha value is -3.24. The first-order valence-electron chi connectivity index (χ1n) is 11.3. The Morgan fingerprint density at radius 2 is 1.50 bits per heavy atom. The van der Waals surface area contributed by atoms with Crippen LogP contribution in [0.15, 0.2) is 47.2 Å². The quantitative estimate of drug-likeness (QED) is 0.428. The Morgan fingerprint density at radius 3 is 2.18 bits per heavy atom. The van der Waals surface area contributed by atoms with Gasteiger partial charge in [-0.05, 0) is 48.6 Å². The van der Waals surface area contributed by atoms with Crippen molar-refractivity contribution in [3.8, 4) is 0 Å². The van der Waals surface area contributed by atoms with E-state index < -0.39 is 0 Å². The van der Waals surface area contributed by atoms with Gasteiger partial charge in [0, 0.05) is 34.7 Å². The molecule has 8 nitrogen and oxygen atoms in total. The Kier molecular flexibility index (Phi) is 8.26. The lowest BCUT2D eigenvalue weighted by Crippen LogP contribution is -2.35. The lowest BCUT2D eigenvalue weighted by molar-refractivity contribution is -0.116. The Balaban J connectivity index is 1.23. The molecule has 0 aliphatic carbocycles. The summed E-state index contributed by atoms with van der Waals surface area (Å²) in [5.41, 5.74) is 1.92. The maximum absolute atomic E-state index is 12.4. The number of benzene rings is 1. The highest BCUT2D eigenvalue weighted by atomic mass is 32.1. The van der Waals surface area contributed by atoms with E-state index in [0.717, 1.165) is 30.8 Å². The number of hydrogen-bond donors (Lipinski definition) is 3. The first-order valence-corrected chi connectivity index (χ1v) is 13.0. The smallest absolute Gasteiger partial charge is 0.321 e. The van der Waals surface area contributed by atoms with E-state index in [9.17, 15) is 14.4 Å². The Labute approximate surface area is 206 Å². The average Bonchev–Trinajstić information content (AvgIpc) is 3.39. The van der Waals surface area contributed by atoms with Gasteiger partial charge >= 0.3 is 6.03 Å². The zero-order valence-corrected chi connectivity index (χ0v) is 20.3. The minimum atomic E-state index is -0.205. The minimum Gasteiger partial charge on any atom is -0.326 e. The predicted molar refractivity (Wildman–Crippen MR) is 137 cm³/mol. The molecular formula is C24H27N5O3S2. The minimum absolute atomic E-state index is 0.0829. The predicted octanol–water partition coefficient (Wildman–Crippen LogP) is 4.97. The molecule has 0 bridgehead atoms. The van der Waals surface area contributed by atoms with Crippen LogP contribution in [0, 0.1) is 0 Å². The molecule has 1 saturated heterocycles. The summed E-state index contributed by atoms with van der Waals surface area (Å²) in [4.78, 5) is 44.2. The molecule has 10 heteroatoms. The SMILES string of the molecule is O=C(Cc1csc(NC(=O)Cc2cccs2)n1)Nc1ccc(NC(=O)N2CCCCCC2)cc1. The molecule has 1 aromatic carbocycles. The number of likely N-dealkylation sites (tertiary alicyclic amines) is 1. The number of hydrogen-bond acceptors (Lipinski definition) is 6. The van der Waals surface area contributed by atoms with Gasteiger partial charge in [0.1, 0.15) is 0 Å². The zero-order chi connectivity index (χ0) is 23.8. The van der Waals surface area contributed by atoms with Crippen LogP contribution in [0.2, 0.25) is 0 Å². The highest BCUT2D eigenvalue weighted by Gasteiger charge is 2.15. The molecule has 4 rings (SSSR count). The van der Waals surface area contributed by atoms with Gasteiger partial charge in [-0.3, -0.25) is 9.59 Å². The van der Waals surface area contributed by atoms with E-state index in [2.05, 4.69) is 20.9 Å². The van der Waals surface area contributed by atoms with E-state index in [0.29, 0.717) is 28.6 Å². The molecule has 3 heterocycles. The standard InChI is InChI=1S/C24H27N5O3S2/c30-21(14-19-16-34-23(26-19)28-22(31)15-20-6-5-13-33-20)25-17-7-9-18(10-8-17)27-24(32)29-11-3-1-2-4-12-29/h5-10,13,16H,1-4,11-12,14-15H2,(H,25,30)(H,27,32)(H,26,28,31). The van der Waals surface area contributed by atoms with E-state index >= 15 is 0 Å². The van der Waals surface area contributed by atoms with Crippen LogP contribution in [0.25, 0.3) is 0 Å². The largest absolute Gasteiger partial charge is 0.326 e. The van der Waals surface area contributed by atoms with Gasteiger partial charge in [0.05, 0.1) is 18.5 Å². The number of urea groups is 1. The number of rotatable bonds is 7. The van der Waals surface area contributed by atoms with E-state index in [1.165, 1.54) is 35.5 Å². The van der Waals surface area contributed by atoms with Crippen molar-refractivity contribution < 1.29 is 14.4 Å². The summed E-state index contributed by atoms with van der Waals surface area (Å²) >= 11 is 2.83. The molecule has 0 atom stereocenters. The van der Waals surface area contributed by atoms with Crippen molar-refractivity contribution in [2.24, 2.45) is 0 Å². The van der Waals surface area contributed by atoms with Gasteiger partial charge in [0.15, 0.2) is 5.13 Å². The molecule has 4 amide bonds. The van der Waals surface area contributed by atoms with E-state index in [1.54, 1.807) is 29.6 Å². The number of amides is 4. The third-order valence-corrected chi connectivity index (χ3v) is 7.05. The monoisotopic (exact) mass is 497 g/mol. The van der Waals surface area contributed by atoms with E-state index in [4.69, 9.17) is 0 Å². The second kappa shape index (κ2) is 11.8. The number of carbonyl (C=O) groups excluding carboxylic acids is 3. The molecule has 178 valence electrons. The van der Waals surface area contributed by atoms with Crippen LogP contribution in [-0.2, 0) is 22.4 Å². The number of aromatic nitrogens is 1. The first-order chi connectivity index (χ1) is 16.5. The number of carbonyl (C=O) groups is 3. The van der Waals surface area contributed by atoms with Crippen molar-refractivity contribution in [3.05, 3.63) is 57.7 Å². The number of anilines is 3. The fourth-order valence-electron chi connectivity index (χ4n) is 3.66. The number of nitrogens with one attached hydrogen (secondary N) is 3. The summed E-state index contributed by atoms with van der Waals surface area (Å²) in [6.45, 7) is 1.58. The van der Waals surface area contributed by atoms with Crippen LogP contribution in [0.4, 0.5) is 21.3 Å². The van der Waals surface area contributed by atoms with Crippen LogP contribution in [0.5, 0.6) is 0 Å². The summed E-state index contributed by atoms with van der Waals surface area (Å²) in [6, 6.07) is 10.8. The van der Waals surface area contributed by atoms with Crippen LogP contribution in [0.1, 0.15) is 36.3 Å². The molecule has 0 unspecified atom stereocenters. The third-order valence-electron chi connectivity index (χ3n) is 5.37. The maximum atomic E-state index is 12.4. The maximum Gasteiger partial charge on any atom is 0.321 e. The van der Waals surface area contributed by atoms with Crippen LogP contribution in [-0.4, -0.2) is 40.8 Å². The Bertz CT molecular complexity index is 1100. The van der Waals surface area contributed by atoms with Gasteiger partial charge < -0.3 is 20.9 Å². The van der Waals surface area contributed by atoms with E-state index in [-0.39, 0.29) is 24.3 Å². The number of thiazole rings is 1. The molecule has 1 fully saturated rings. The molecule has 3 N–H and O–H groups in total. The lowest BCUT2D eigenvalue weighted by atomic mass is 10.2. The summed E-state index contributed by atoms with van der Waals surface area (Å²) in [6.07, 6.45) is 4.84. The topological polar surface area (TPSA) is 103 Å². The van der Waals surface area contributed by atoms with Gasteiger partial charge in [-0.25, -0.2) is 9.78 Å². The number of thiophene rings is 1. The van der Waals surface area contributed by atoms with Gasteiger partial charge in [0.25, 0.3) is 0 Å². The highest BCUT2D eigenvalue weighted by Crippen LogP contribution is 2.19. The summed E-state index contributed by atoms with van der Waals surface area (Å²) < 4.78 is 0. The average molecular weight is 498 g/mol. The fourth-order valence-corrected chi connectivity index (χ4v) is 5.09. The van der Waals surface area contributed by atoms with Crippen molar-refractivity contribution >= 4 is 57.0 Å². The molecule has 2 aromatic heterocycles. The van der Waals surface area contributed by atoms with Gasteiger partial charge in [-0.15, -0.1) is 22.7 Å². The molecule has 0 radical (unpaired) electrons. The van der Waals surface area contributed by atoms with Crippen molar-refractivity contribution in [2.75, 3.05) is 29.0 Å². The summed E-state index contributed by atoms with van der Waals surface area (Å²) in [5, 5.41) is 12.7. The lowest BCUT2D eigenvalue weighted by Gasteiger charge is -2.20. The molecule has 34 heavy (non-hydrogen) atoms. The zero-order valence-electron chi connectivity index (χ0n) is 18.7. The Morgan fingerprint density at radius 1 is 0.824 bits per heavy atom. The number of nitrogens with zero attached hydrogens (tertiary/aromatic N) is 2. The fraction of sp³-hybridized carbons (Fsp3) is 0.333. The molecular weight excluding hydrogens is 470 g/mol. The second-order valence-corrected chi connectivity index (χ2v) is 9.97. The normalized spacial score (nSPS) is 13.7. The molecule has 0 spiro atoms. The molecule has 3 aromatic rings. The summed E-state index contributed by atoms with van der Waals surface area (Å²) in [7, 11) is 0. The van der Waals surface area contributed by atoms with Crippen molar-refractivity contribution in [1.82, 2.24) is 9.88 Å². The molecule has 1 aliphatic heterocycles. The van der Waals surface area contributed by atoms with Gasteiger partial charge in [-0.2, -0.15) is 0 Å². The van der Waals surface area contributed by atoms with Crippen molar-refractivity contribution in [2.45, 2.75) is 38.5 Å². The highest BCUT2D eigenvalue weighted by molar-refractivity contribution is 7.14. The third kappa shape index (κ3) is 7.13. The van der Waals surface area contributed by atoms with Crippen molar-refractivity contribution in [3.63, 3.8) is 0 Å². The van der Waals surface area contributed by atoms with Gasteiger partial charge in [0.2, 0.25) is 11.8 Å². The van der Waals surface area contributed by atoms with Crippen LogP contribution >= 0.6 is 22.7 Å². The van der Waals surface area contributed by atoms with Crippen LogP contribution in [0.3, 0.4) is 0 Å². The van der Waals surface area contributed by atoms with E-state index in [1.807, 2.05) is 22.4 Å².